The van der Waals surface area contributed by atoms with E-state index in [1.807, 2.05) is 12.1 Å². The standard InChI is InChI=1S/2C50H58N2O3S3/c1-8-24(6)15-25(7)19-56-20-28(23(4)5)13-14-29-37-33(53)17-32-40-42(37)44-43-38-30(16-34(54)49(52-32)45(38)40)36(27-11-9-26(10-12-27)22(2)3)31-21-58(55)50-47(39(31)43)41-35(57-50)18-51-48(29)46(41)44;1-8-24(6)15-25(7)26-9-11-27(12-10-26)36-30-16-34(54)49-45-38(30)43-39-31(36)21-58(55)50-47(39)41-35(57-50)18-51-48-29(14-13-28(23(4)5)20-56-19-22(2)3)37-33(53)17-32(52-49)40(45)42(37)44(43)46(41)48/h2*17-18,22-28,30,36,52-53H,8-16,19-21H2,1-7H3. The predicted octanol–water partition coefficient (Wildman–Crippen LogP) is 25.5. The fourth-order valence-corrected chi connectivity index (χ4v) is 34.7. The van der Waals surface area contributed by atoms with Crippen LogP contribution in [-0.4, -0.2) is 84.7 Å². The molecule has 6 aliphatic carbocycles. The number of thioether (sulfide) groups is 2. The number of H-pyrrole nitrogens is 2. The molecular formula is C100H116N4O6S6. The maximum atomic E-state index is 14.7. The third-order valence-corrected chi connectivity index (χ3v) is 40.9. The number of rotatable bonds is 26. The fourth-order valence-electron chi connectivity index (χ4n) is 25.9. The second-order valence-electron chi connectivity index (χ2n) is 40.2. The van der Waals surface area contributed by atoms with Crippen LogP contribution < -0.4 is 10.4 Å². The highest BCUT2D eigenvalue weighted by Gasteiger charge is 2.51. The van der Waals surface area contributed by atoms with Crippen molar-refractivity contribution in [3.05, 3.63) is 68.6 Å². The smallest absolute Gasteiger partial charge is 0.180 e. The van der Waals surface area contributed by atoms with Crippen LogP contribution in [0.1, 0.15) is 255 Å². The normalized spacial score (nSPS) is 24.9. The Balaban J connectivity index is 0.000000145. The Morgan fingerprint density at radius 1 is 0.483 bits per heavy atom. The number of nitrogens with one attached hydrogen (secondary N) is 2. The number of phenols is 2. The first-order valence-corrected chi connectivity index (χ1v) is 51.7. The molecule has 16 heteroatoms. The number of hydrogen-bond acceptors (Lipinski definition) is 12. The lowest BCUT2D eigenvalue weighted by molar-refractivity contribution is 0.0938. The van der Waals surface area contributed by atoms with Gasteiger partial charge in [-0.25, -0.2) is 0 Å². The SMILES string of the molecule is CCC(C)CC(C)C1CCC(C2C3=c4c5c(sc6cnc7c(CCC(CSCC(C)C)C(C)C)c8c(O)cc9[nH]c%10c%11c(c4c(c7c65)c8c9%11)C2CC%10=O)S(=O)C3)CC1.CCC(C)CC(C)CSCC(CCc1c2ncc3sc4c5c6c7c8c9c([nH]c%10cc(O)c1c(c%109)c7c2c35)C(=O)CC8C(C1CCC(C(C)C)CC1)C=6CS4=O)C(C)C. The van der Waals surface area contributed by atoms with Gasteiger partial charge < -0.3 is 20.2 Å². The van der Waals surface area contributed by atoms with Gasteiger partial charge in [-0.05, 0) is 274 Å². The van der Waals surface area contributed by atoms with Crippen LogP contribution in [-0.2, 0) is 34.4 Å². The van der Waals surface area contributed by atoms with E-state index in [1.54, 1.807) is 22.7 Å². The number of aromatic nitrogens is 4. The summed E-state index contributed by atoms with van der Waals surface area (Å²) in [5.41, 5.74) is 12.9. The maximum Gasteiger partial charge on any atom is 0.180 e. The largest absolute Gasteiger partial charge is 0.507 e. The van der Waals surface area contributed by atoms with E-state index in [-0.39, 0.29) is 46.7 Å². The molecule has 0 spiro atoms. The van der Waals surface area contributed by atoms with Crippen molar-refractivity contribution in [2.45, 2.75) is 233 Å². The average molecular weight is 1660 g/mol. The lowest BCUT2D eigenvalue weighted by atomic mass is 9.60. The zero-order chi connectivity index (χ0) is 80.1. The maximum absolute atomic E-state index is 14.7. The minimum absolute atomic E-state index is 0.0691. The molecule has 0 bridgehead atoms. The number of Topliss-reactive ketones (excluding diaryl/α,β-unsaturated/α-hetero) is 2. The molecular weight excluding hydrogens is 1550 g/mol. The van der Waals surface area contributed by atoms with E-state index in [0.717, 1.165) is 172 Å². The van der Waals surface area contributed by atoms with E-state index in [4.69, 9.17) is 9.97 Å². The number of aromatic amines is 2. The molecule has 4 N–H and O–H groups in total. The minimum Gasteiger partial charge on any atom is -0.507 e. The van der Waals surface area contributed by atoms with Gasteiger partial charge in [-0.15, -0.1) is 22.7 Å². The summed E-state index contributed by atoms with van der Waals surface area (Å²) in [6.45, 7) is 33.1. The van der Waals surface area contributed by atoms with Crippen LogP contribution in [0, 0.1) is 94.7 Å². The Morgan fingerprint density at radius 3 is 1.34 bits per heavy atom. The predicted molar refractivity (Wildman–Crippen MR) is 496 cm³/mol. The summed E-state index contributed by atoms with van der Waals surface area (Å²) >= 11 is 7.58. The lowest BCUT2D eigenvalue weighted by Crippen LogP contribution is -2.39. The van der Waals surface area contributed by atoms with Gasteiger partial charge in [-0.1, -0.05) is 110 Å². The quantitative estimate of drug-likeness (QED) is 0.0303. The van der Waals surface area contributed by atoms with E-state index in [1.165, 1.54) is 175 Å². The summed E-state index contributed by atoms with van der Waals surface area (Å²) in [4.78, 5) is 47.0. The second kappa shape index (κ2) is 28.9. The molecule has 608 valence electrons. The number of nitrogens with zero attached hydrogens (tertiary/aromatic N) is 2. The molecule has 116 heavy (non-hydrogen) atoms. The highest BCUT2D eigenvalue weighted by Crippen LogP contribution is 2.64. The summed E-state index contributed by atoms with van der Waals surface area (Å²) in [6.07, 6.45) is 23.5. The Kier molecular flexibility index (Phi) is 19.3. The first-order chi connectivity index (χ1) is 55.9. The number of aromatic hydroxyl groups is 2. The highest BCUT2D eigenvalue weighted by atomic mass is 32.2. The van der Waals surface area contributed by atoms with Gasteiger partial charge in [0, 0.05) is 124 Å². The van der Waals surface area contributed by atoms with Gasteiger partial charge in [-0.3, -0.25) is 28.0 Å². The summed E-state index contributed by atoms with van der Waals surface area (Å²) in [5.74, 6) is 16.2. The van der Waals surface area contributed by atoms with E-state index >= 15 is 0 Å². The van der Waals surface area contributed by atoms with Crippen LogP contribution in [0.2, 0.25) is 0 Å². The molecule has 12 atom stereocenters. The minimum atomic E-state index is -1.15. The zero-order valence-corrected chi connectivity index (χ0v) is 75.4. The monoisotopic (exact) mass is 1660 g/mol. The molecule has 8 heterocycles. The van der Waals surface area contributed by atoms with Crippen LogP contribution in [0.15, 0.2) is 32.9 Å². The van der Waals surface area contributed by atoms with Gasteiger partial charge in [0.25, 0.3) is 0 Å². The molecule has 8 aliphatic rings. The van der Waals surface area contributed by atoms with Crippen molar-refractivity contribution in [1.29, 1.82) is 0 Å². The van der Waals surface area contributed by atoms with Crippen LogP contribution in [0.25, 0.3) is 140 Å². The van der Waals surface area contributed by atoms with Crippen molar-refractivity contribution < 1.29 is 28.2 Å². The number of hydrogen-bond donors (Lipinski definition) is 4. The van der Waals surface area contributed by atoms with Crippen molar-refractivity contribution in [3.63, 3.8) is 0 Å². The van der Waals surface area contributed by atoms with E-state index in [2.05, 4.69) is 143 Å². The van der Waals surface area contributed by atoms with Crippen LogP contribution >= 0.6 is 46.2 Å². The van der Waals surface area contributed by atoms with Gasteiger partial charge >= 0.3 is 0 Å². The Labute approximate surface area is 703 Å². The number of aryl methyl sites for hydroxylation is 2. The van der Waals surface area contributed by atoms with Gasteiger partial charge in [0.2, 0.25) is 0 Å². The summed E-state index contributed by atoms with van der Waals surface area (Å²) in [5, 5.41) is 48.0. The third kappa shape index (κ3) is 11.4. The summed E-state index contributed by atoms with van der Waals surface area (Å²) in [6, 6.07) is 3.83. The summed E-state index contributed by atoms with van der Waals surface area (Å²) < 4.78 is 33.6. The lowest BCUT2D eigenvalue weighted by Gasteiger charge is -2.45. The molecule has 8 aromatic carbocycles. The third-order valence-electron chi connectivity index (χ3n) is 32.0. The number of carbonyl (C=O) groups is 2. The molecule has 2 aliphatic heterocycles. The molecule has 22 rings (SSSR count). The number of thiophene rings is 2. The average Bonchev–Trinajstić information content (AvgIpc) is 1.36. The van der Waals surface area contributed by atoms with Gasteiger partial charge in [-0.2, -0.15) is 23.5 Å². The van der Waals surface area contributed by atoms with E-state index in [0.29, 0.717) is 77.6 Å². The van der Waals surface area contributed by atoms with E-state index < -0.39 is 21.6 Å². The van der Waals surface area contributed by atoms with Crippen LogP contribution in [0.4, 0.5) is 0 Å². The number of benzene rings is 8. The molecule has 12 unspecified atom stereocenters. The Hall–Kier alpha value is -5.88. The second-order valence-corrected chi connectivity index (χ2v) is 47.7. The first kappa shape index (κ1) is 77.4. The van der Waals surface area contributed by atoms with Gasteiger partial charge in [0.15, 0.2) is 11.6 Å². The van der Waals surface area contributed by atoms with Crippen molar-refractivity contribution >= 4 is 219 Å². The van der Waals surface area contributed by atoms with Gasteiger partial charge in [0.1, 0.15) is 19.9 Å². The highest BCUT2D eigenvalue weighted by molar-refractivity contribution is 7.99. The zero-order valence-electron chi connectivity index (χ0n) is 70.5. The summed E-state index contributed by atoms with van der Waals surface area (Å²) in [7, 11) is -2.29. The molecule has 10 nitrogen and oxygen atoms in total. The molecule has 0 radical (unpaired) electrons. The Bertz CT molecular complexity index is 6530. The number of carbonyl (C=O) groups excluding carboxylic acids is 2. The first-order valence-electron chi connectivity index (χ1n) is 45.1. The molecule has 2 fully saturated rings. The van der Waals surface area contributed by atoms with Crippen LogP contribution in [0.5, 0.6) is 11.5 Å². The number of ketones is 2. The molecule has 14 aromatic rings. The number of pyridine rings is 2. The number of phenolic OH excluding ortho intramolecular Hbond substituents is 2. The molecule has 2 saturated carbocycles. The van der Waals surface area contributed by atoms with Crippen molar-refractivity contribution in [3.8, 4) is 11.5 Å². The van der Waals surface area contributed by atoms with Crippen LogP contribution in [0.3, 0.4) is 0 Å². The van der Waals surface area contributed by atoms with Crippen molar-refractivity contribution in [2.75, 3.05) is 34.5 Å². The fraction of sp³-hybridized carbons (Fsp3) is 0.560. The Morgan fingerprint density at radius 2 is 0.914 bits per heavy atom. The van der Waals surface area contributed by atoms with Crippen molar-refractivity contribution in [2.24, 2.45) is 94.7 Å². The van der Waals surface area contributed by atoms with Crippen molar-refractivity contribution in [1.82, 2.24) is 19.9 Å². The topological polar surface area (TPSA) is 166 Å². The van der Waals surface area contributed by atoms with E-state index in [9.17, 15) is 28.2 Å². The molecule has 0 amide bonds. The molecule has 0 saturated heterocycles. The molecule has 6 aromatic heterocycles. The van der Waals surface area contributed by atoms with Gasteiger partial charge in [0.05, 0.1) is 76.0 Å².